The minimum absolute atomic E-state index is 0.115. The van der Waals surface area contributed by atoms with Gasteiger partial charge in [-0.2, -0.15) is 0 Å². The lowest BCUT2D eigenvalue weighted by atomic mass is 9.95. The molecule has 1 saturated heterocycles. The van der Waals surface area contributed by atoms with Gasteiger partial charge in [0.2, 0.25) is 0 Å². The summed E-state index contributed by atoms with van der Waals surface area (Å²) in [6.45, 7) is 3.95. The molecule has 5 nitrogen and oxygen atoms in total. The van der Waals surface area contributed by atoms with E-state index in [9.17, 15) is 14.7 Å². The van der Waals surface area contributed by atoms with Gasteiger partial charge in [-0.15, -0.1) is 0 Å². The highest BCUT2D eigenvalue weighted by molar-refractivity contribution is 7.22. The van der Waals surface area contributed by atoms with Crippen LogP contribution in [0.5, 0.6) is 0 Å². The number of benzene rings is 3. The number of hydrogen-bond acceptors (Lipinski definition) is 5. The summed E-state index contributed by atoms with van der Waals surface area (Å²) < 4.78 is 15.9. The van der Waals surface area contributed by atoms with Crippen molar-refractivity contribution in [3.8, 4) is 0 Å². The SMILES string of the molecule is CCc1ccc2nc(N3C(=O)C(=O)C(=C(O)c4ccc(C)cc4)[C@H]3c3ccccc3F)sc2c1. The molecule has 0 spiro atoms. The van der Waals surface area contributed by atoms with Crippen LogP contribution in [0.4, 0.5) is 9.52 Å². The lowest BCUT2D eigenvalue weighted by molar-refractivity contribution is -0.132. The second-order valence-electron chi connectivity index (χ2n) is 8.21. The number of carbonyl (C=O) groups excluding carboxylic acids is 2. The third kappa shape index (κ3) is 3.58. The number of Topliss-reactive ketones (excluding diaryl/α,β-unsaturated/α-hetero) is 1. The Balaban J connectivity index is 1.73. The van der Waals surface area contributed by atoms with E-state index in [2.05, 4.69) is 4.98 Å². The Morgan fingerprint density at radius 3 is 2.53 bits per heavy atom. The van der Waals surface area contributed by atoms with Crippen LogP contribution in [0.1, 0.15) is 35.2 Å². The fourth-order valence-electron chi connectivity index (χ4n) is 4.17. The van der Waals surface area contributed by atoms with Crippen LogP contribution in [0.2, 0.25) is 0 Å². The van der Waals surface area contributed by atoms with Gasteiger partial charge in [-0.25, -0.2) is 9.37 Å². The molecule has 0 radical (unpaired) electrons. The second-order valence-corrected chi connectivity index (χ2v) is 9.22. The van der Waals surface area contributed by atoms with Crippen molar-refractivity contribution in [1.29, 1.82) is 0 Å². The fraction of sp³-hybridized carbons (Fsp3) is 0.148. The van der Waals surface area contributed by atoms with E-state index >= 15 is 4.39 Å². The maximum atomic E-state index is 15.0. The van der Waals surface area contributed by atoms with Crippen LogP contribution in [0.25, 0.3) is 16.0 Å². The topological polar surface area (TPSA) is 70.5 Å². The van der Waals surface area contributed by atoms with Crippen molar-refractivity contribution in [3.05, 3.63) is 100 Å². The first-order chi connectivity index (χ1) is 16.4. The standard InChI is InChI=1S/C27H21FN2O3S/c1-3-16-10-13-20-21(14-16)34-27(29-20)30-23(18-6-4-5-7-19(18)28)22(25(32)26(30)33)24(31)17-11-8-15(2)9-12-17/h4-14,23,31H,3H2,1-2H3/t23-/m1/s1. The minimum Gasteiger partial charge on any atom is -0.507 e. The van der Waals surface area contributed by atoms with Gasteiger partial charge in [-0.1, -0.05) is 72.4 Å². The van der Waals surface area contributed by atoms with Crippen molar-refractivity contribution >= 4 is 44.1 Å². The quantitative estimate of drug-likeness (QED) is 0.227. The van der Waals surface area contributed by atoms with Gasteiger partial charge in [0.25, 0.3) is 5.78 Å². The zero-order chi connectivity index (χ0) is 24.0. The number of hydrogen-bond donors (Lipinski definition) is 1. The predicted molar refractivity (Wildman–Crippen MR) is 131 cm³/mol. The highest BCUT2D eigenvalue weighted by atomic mass is 32.1. The predicted octanol–water partition coefficient (Wildman–Crippen LogP) is 5.93. The zero-order valence-corrected chi connectivity index (χ0v) is 19.4. The Morgan fingerprint density at radius 1 is 1.09 bits per heavy atom. The van der Waals surface area contributed by atoms with E-state index < -0.39 is 23.5 Å². The normalized spacial score (nSPS) is 17.6. The van der Waals surface area contributed by atoms with E-state index in [0.29, 0.717) is 11.1 Å². The van der Waals surface area contributed by atoms with Crippen LogP contribution in [-0.2, 0) is 16.0 Å². The van der Waals surface area contributed by atoms with Gasteiger partial charge in [-0.3, -0.25) is 14.5 Å². The number of aliphatic hydroxyl groups is 1. The van der Waals surface area contributed by atoms with Crippen molar-refractivity contribution in [3.63, 3.8) is 0 Å². The highest BCUT2D eigenvalue weighted by Gasteiger charge is 2.49. The third-order valence-electron chi connectivity index (χ3n) is 6.03. The molecule has 1 aliphatic rings. The molecule has 1 aromatic heterocycles. The first-order valence-electron chi connectivity index (χ1n) is 10.9. The summed E-state index contributed by atoms with van der Waals surface area (Å²) in [6.07, 6.45) is 0.847. The van der Waals surface area contributed by atoms with Crippen LogP contribution < -0.4 is 4.90 Å². The number of carbonyl (C=O) groups is 2. The van der Waals surface area contributed by atoms with Crippen molar-refractivity contribution in [2.24, 2.45) is 0 Å². The largest absolute Gasteiger partial charge is 0.507 e. The van der Waals surface area contributed by atoms with Crippen molar-refractivity contribution < 1.29 is 19.1 Å². The number of rotatable bonds is 4. The van der Waals surface area contributed by atoms with Gasteiger partial charge in [-0.05, 0) is 37.1 Å². The van der Waals surface area contributed by atoms with Crippen LogP contribution in [0.15, 0.2) is 72.3 Å². The summed E-state index contributed by atoms with van der Waals surface area (Å²) in [4.78, 5) is 32.3. The Kier molecular flexibility index (Phi) is 5.49. The average molecular weight is 473 g/mol. The van der Waals surface area contributed by atoms with E-state index in [1.165, 1.54) is 34.4 Å². The molecule has 0 unspecified atom stereocenters. The second kappa shape index (κ2) is 8.50. The van der Waals surface area contributed by atoms with Crippen molar-refractivity contribution in [1.82, 2.24) is 4.98 Å². The summed E-state index contributed by atoms with van der Waals surface area (Å²) in [5.41, 5.74) is 3.11. The van der Waals surface area contributed by atoms with E-state index in [0.717, 1.165) is 22.2 Å². The monoisotopic (exact) mass is 472 g/mol. The van der Waals surface area contributed by atoms with E-state index in [-0.39, 0.29) is 22.0 Å². The van der Waals surface area contributed by atoms with Crippen LogP contribution in [0, 0.1) is 12.7 Å². The molecule has 1 amide bonds. The molecule has 1 atom stereocenters. The third-order valence-corrected chi connectivity index (χ3v) is 7.04. The Labute approximate surface area is 199 Å². The van der Waals surface area contributed by atoms with Gasteiger partial charge in [0.1, 0.15) is 17.6 Å². The number of fused-ring (bicyclic) bond motifs is 1. The molecular weight excluding hydrogens is 451 g/mol. The highest BCUT2D eigenvalue weighted by Crippen LogP contribution is 2.45. The van der Waals surface area contributed by atoms with Gasteiger partial charge < -0.3 is 5.11 Å². The van der Waals surface area contributed by atoms with Gasteiger partial charge in [0, 0.05) is 11.1 Å². The number of aromatic nitrogens is 1. The van der Waals surface area contributed by atoms with E-state index in [4.69, 9.17) is 0 Å². The molecule has 170 valence electrons. The number of amides is 1. The molecule has 0 bridgehead atoms. The molecule has 1 fully saturated rings. The lowest BCUT2D eigenvalue weighted by Crippen LogP contribution is -2.29. The van der Waals surface area contributed by atoms with Gasteiger partial charge in [0.05, 0.1) is 15.8 Å². The molecule has 1 aliphatic heterocycles. The molecule has 0 aliphatic carbocycles. The average Bonchev–Trinajstić information content (AvgIpc) is 3.37. The number of nitrogens with zero attached hydrogens (tertiary/aromatic N) is 2. The van der Waals surface area contributed by atoms with Crippen molar-refractivity contribution in [2.75, 3.05) is 4.90 Å². The molecule has 1 N–H and O–H groups in total. The number of aryl methyl sites for hydroxylation is 2. The number of thiazole rings is 1. The smallest absolute Gasteiger partial charge is 0.301 e. The summed E-state index contributed by atoms with van der Waals surface area (Å²) in [6, 6.07) is 17.6. The lowest BCUT2D eigenvalue weighted by Gasteiger charge is -2.23. The van der Waals surface area contributed by atoms with E-state index in [1.807, 2.05) is 32.0 Å². The zero-order valence-electron chi connectivity index (χ0n) is 18.6. The number of halogens is 1. The Morgan fingerprint density at radius 2 is 1.82 bits per heavy atom. The maximum Gasteiger partial charge on any atom is 0.301 e. The summed E-state index contributed by atoms with van der Waals surface area (Å²) in [5.74, 6) is -2.65. The van der Waals surface area contributed by atoms with E-state index in [1.54, 1.807) is 30.3 Å². The molecule has 2 heterocycles. The van der Waals surface area contributed by atoms with Gasteiger partial charge in [0.15, 0.2) is 5.13 Å². The first kappa shape index (κ1) is 22.0. The molecular formula is C27H21FN2O3S. The number of anilines is 1. The van der Waals surface area contributed by atoms with Crippen LogP contribution in [-0.4, -0.2) is 21.8 Å². The summed E-state index contributed by atoms with van der Waals surface area (Å²) in [7, 11) is 0. The van der Waals surface area contributed by atoms with Crippen LogP contribution in [0.3, 0.4) is 0 Å². The molecule has 34 heavy (non-hydrogen) atoms. The molecule has 0 saturated carbocycles. The molecule has 5 rings (SSSR count). The Bertz CT molecular complexity index is 1470. The molecule has 4 aromatic rings. The maximum absolute atomic E-state index is 15.0. The Hall–Kier alpha value is -3.84. The van der Waals surface area contributed by atoms with Crippen LogP contribution >= 0.6 is 11.3 Å². The number of aliphatic hydroxyl groups excluding tert-OH is 1. The van der Waals surface area contributed by atoms with Crippen molar-refractivity contribution in [2.45, 2.75) is 26.3 Å². The molecule has 7 heteroatoms. The summed E-state index contributed by atoms with van der Waals surface area (Å²) >= 11 is 1.26. The van der Waals surface area contributed by atoms with Gasteiger partial charge >= 0.3 is 5.91 Å². The number of ketones is 1. The first-order valence-corrected chi connectivity index (χ1v) is 11.7. The molecule has 3 aromatic carbocycles. The fourth-order valence-corrected chi connectivity index (χ4v) is 5.22. The minimum atomic E-state index is -1.14. The summed E-state index contributed by atoms with van der Waals surface area (Å²) in [5, 5.41) is 11.4.